The predicted molar refractivity (Wildman–Crippen MR) is 65.6 cm³/mol. The van der Waals surface area contributed by atoms with Gasteiger partial charge in [0.1, 0.15) is 6.17 Å². The SMILES string of the molecule is FC(Cc1ccc(C(F)(F)F)cc1)C1CCCNC1. The van der Waals surface area contributed by atoms with Gasteiger partial charge in [-0.2, -0.15) is 13.2 Å². The van der Waals surface area contributed by atoms with E-state index in [1.807, 2.05) is 0 Å². The molecule has 0 amide bonds. The van der Waals surface area contributed by atoms with Crippen LogP contribution in [0, 0.1) is 5.92 Å². The van der Waals surface area contributed by atoms with Gasteiger partial charge in [-0.3, -0.25) is 0 Å². The molecule has 106 valence electrons. The van der Waals surface area contributed by atoms with Crippen molar-refractivity contribution >= 4 is 0 Å². The predicted octanol–water partition coefficient (Wildman–Crippen LogP) is 3.59. The molecule has 0 bridgehead atoms. The van der Waals surface area contributed by atoms with Crippen LogP contribution in [0.1, 0.15) is 24.0 Å². The smallest absolute Gasteiger partial charge is 0.316 e. The van der Waals surface area contributed by atoms with E-state index in [1.54, 1.807) is 0 Å². The highest BCUT2D eigenvalue weighted by Crippen LogP contribution is 2.29. The van der Waals surface area contributed by atoms with Crippen LogP contribution < -0.4 is 5.32 Å². The van der Waals surface area contributed by atoms with Gasteiger partial charge in [-0.05, 0) is 37.1 Å². The van der Waals surface area contributed by atoms with Gasteiger partial charge in [0.15, 0.2) is 0 Å². The molecule has 0 spiro atoms. The van der Waals surface area contributed by atoms with Gasteiger partial charge in [-0.15, -0.1) is 0 Å². The summed E-state index contributed by atoms with van der Waals surface area (Å²) in [6, 6.07) is 4.76. The molecule has 0 aromatic heterocycles. The zero-order valence-electron chi connectivity index (χ0n) is 10.5. The number of hydrogen-bond donors (Lipinski definition) is 1. The number of rotatable bonds is 3. The zero-order chi connectivity index (χ0) is 13.9. The second-order valence-corrected chi connectivity index (χ2v) is 5.02. The molecular formula is C14H17F4N. The monoisotopic (exact) mass is 275 g/mol. The molecule has 5 heteroatoms. The Morgan fingerprint density at radius 3 is 2.42 bits per heavy atom. The van der Waals surface area contributed by atoms with Crippen LogP contribution in [0.3, 0.4) is 0 Å². The van der Waals surface area contributed by atoms with Crippen LogP contribution in [-0.2, 0) is 12.6 Å². The van der Waals surface area contributed by atoms with Crippen LogP contribution in [-0.4, -0.2) is 19.3 Å². The van der Waals surface area contributed by atoms with Gasteiger partial charge >= 0.3 is 6.18 Å². The number of alkyl halides is 4. The lowest BCUT2D eigenvalue weighted by atomic mass is 9.91. The maximum atomic E-state index is 14.0. The molecule has 2 unspecified atom stereocenters. The Hall–Kier alpha value is -1.10. The fourth-order valence-corrected chi connectivity index (χ4v) is 2.41. The van der Waals surface area contributed by atoms with Crippen LogP contribution in [0.5, 0.6) is 0 Å². The molecule has 1 aromatic carbocycles. The third-order valence-corrected chi connectivity index (χ3v) is 3.56. The number of piperidine rings is 1. The molecule has 1 aliphatic rings. The fourth-order valence-electron chi connectivity index (χ4n) is 2.41. The van der Waals surface area contributed by atoms with Crippen molar-refractivity contribution in [1.82, 2.24) is 5.32 Å². The molecule has 0 radical (unpaired) electrons. The van der Waals surface area contributed by atoms with Gasteiger partial charge in [0, 0.05) is 18.9 Å². The van der Waals surface area contributed by atoms with Gasteiger partial charge < -0.3 is 5.32 Å². The molecule has 1 fully saturated rings. The summed E-state index contributed by atoms with van der Waals surface area (Å²) < 4.78 is 51.2. The van der Waals surface area contributed by atoms with E-state index in [0.717, 1.165) is 31.5 Å². The van der Waals surface area contributed by atoms with Crippen LogP contribution in [0.4, 0.5) is 17.6 Å². The van der Waals surface area contributed by atoms with E-state index in [0.29, 0.717) is 12.1 Å². The Bertz CT molecular complexity index is 393. The second-order valence-electron chi connectivity index (χ2n) is 5.02. The van der Waals surface area contributed by atoms with Crippen LogP contribution in [0.15, 0.2) is 24.3 Å². The minimum absolute atomic E-state index is 0.0314. The summed E-state index contributed by atoms with van der Waals surface area (Å²) >= 11 is 0. The van der Waals surface area contributed by atoms with Gasteiger partial charge in [-0.1, -0.05) is 12.1 Å². The maximum absolute atomic E-state index is 14.0. The van der Waals surface area contributed by atoms with Crippen molar-refractivity contribution in [2.75, 3.05) is 13.1 Å². The number of hydrogen-bond acceptors (Lipinski definition) is 1. The lowest BCUT2D eigenvalue weighted by molar-refractivity contribution is -0.137. The van der Waals surface area contributed by atoms with Gasteiger partial charge in [0.05, 0.1) is 5.56 Å². The van der Waals surface area contributed by atoms with Gasteiger partial charge in [-0.25, -0.2) is 4.39 Å². The Labute approximate surface area is 110 Å². The summed E-state index contributed by atoms with van der Waals surface area (Å²) in [6.45, 7) is 1.57. The first kappa shape index (κ1) is 14.3. The lowest BCUT2D eigenvalue weighted by Crippen LogP contribution is -2.35. The molecule has 1 heterocycles. The van der Waals surface area contributed by atoms with Crippen molar-refractivity contribution in [3.8, 4) is 0 Å². The van der Waals surface area contributed by atoms with E-state index >= 15 is 0 Å². The van der Waals surface area contributed by atoms with E-state index in [4.69, 9.17) is 0 Å². The number of halogens is 4. The average Bonchev–Trinajstić information content (AvgIpc) is 2.39. The Kier molecular flexibility index (Phi) is 4.45. The number of nitrogens with one attached hydrogen (secondary N) is 1. The molecule has 19 heavy (non-hydrogen) atoms. The van der Waals surface area contributed by atoms with Crippen LogP contribution >= 0.6 is 0 Å². The molecule has 1 aromatic rings. The van der Waals surface area contributed by atoms with Crippen molar-refractivity contribution in [1.29, 1.82) is 0 Å². The summed E-state index contributed by atoms with van der Waals surface area (Å²) in [5, 5.41) is 3.14. The van der Waals surface area contributed by atoms with Crippen molar-refractivity contribution in [2.24, 2.45) is 5.92 Å². The number of benzene rings is 1. The molecule has 2 rings (SSSR count). The van der Waals surface area contributed by atoms with Crippen molar-refractivity contribution < 1.29 is 17.6 Å². The zero-order valence-corrected chi connectivity index (χ0v) is 10.5. The molecule has 0 aliphatic carbocycles. The van der Waals surface area contributed by atoms with Crippen LogP contribution in [0.25, 0.3) is 0 Å². The first-order chi connectivity index (χ1) is 8.97. The first-order valence-corrected chi connectivity index (χ1v) is 6.48. The molecule has 2 atom stereocenters. The Morgan fingerprint density at radius 1 is 1.21 bits per heavy atom. The van der Waals surface area contributed by atoms with E-state index in [-0.39, 0.29) is 12.3 Å². The second kappa shape index (κ2) is 5.90. The summed E-state index contributed by atoms with van der Waals surface area (Å²) in [5.41, 5.74) is -0.0722. The van der Waals surface area contributed by atoms with E-state index in [2.05, 4.69) is 5.32 Å². The van der Waals surface area contributed by atoms with Gasteiger partial charge in [0.2, 0.25) is 0 Å². The Balaban J connectivity index is 1.95. The van der Waals surface area contributed by atoms with E-state index in [9.17, 15) is 17.6 Å². The first-order valence-electron chi connectivity index (χ1n) is 6.48. The quantitative estimate of drug-likeness (QED) is 0.831. The minimum atomic E-state index is -4.33. The molecular weight excluding hydrogens is 258 g/mol. The molecule has 1 aliphatic heterocycles. The minimum Gasteiger partial charge on any atom is -0.316 e. The van der Waals surface area contributed by atoms with Gasteiger partial charge in [0.25, 0.3) is 0 Å². The lowest BCUT2D eigenvalue weighted by Gasteiger charge is -2.26. The Morgan fingerprint density at radius 2 is 1.89 bits per heavy atom. The highest BCUT2D eigenvalue weighted by atomic mass is 19.4. The topological polar surface area (TPSA) is 12.0 Å². The van der Waals surface area contributed by atoms with E-state index in [1.165, 1.54) is 12.1 Å². The standard InChI is InChI=1S/C14H17F4N/c15-13(11-2-1-7-19-9-11)8-10-3-5-12(6-4-10)14(16,17)18/h3-6,11,13,19H,1-2,7-9H2. The highest BCUT2D eigenvalue weighted by molar-refractivity contribution is 5.25. The summed E-state index contributed by atoms with van der Waals surface area (Å²) in [7, 11) is 0. The molecule has 1 saturated heterocycles. The van der Waals surface area contributed by atoms with E-state index < -0.39 is 17.9 Å². The summed E-state index contributed by atoms with van der Waals surface area (Å²) in [4.78, 5) is 0. The van der Waals surface area contributed by atoms with Crippen molar-refractivity contribution in [2.45, 2.75) is 31.6 Å². The third kappa shape index (κ3) is 3.93. The normalized spacial score (nSPS) is 22.2. The fraction of sp³-hybridized carbons (Fsp3) is 0.571. The van der Waals surface area contributed by atoms with Crippen molar-refractivity contribution in [3.05, 3.63) is 35.4 Å². The maximum Gasteiger partial charge on any atom is 0.416 e. The third-order valence-electron chi connectivity index (χ3n) is 3.56. The highest BCUT2D eigenvalue weighted by Gasteiger charge is 2.30. The van der Waals surface area contributed by atoms with Crippen LogP contribution in [0.2, 0.25) is 0 Å². The van der Waals surface area contributed by atoms with Crippen molar-refractivity contribution in [3.63, 3.8) is 0 Å². The molecule has 1 N–H and O–H groups in total. The summed E-state index contributed by atoms with van der Waals surface area (Å²) in [5.74, 6) is -0.0314. The summed E-state index contributed by atoms with van der Waals surface area (Å²) in [6.07, 6.45) is -3.34. The largest absolute Gasteiger partial charge is 0.416 e. The molecule has 1 nitrogen and oxygen atoms in total. The molecule has 0 saturated carbocycles. The average molecular weight is 275 g/mol.